The standard InChI is InChI=1S/C22H29N3O2/c1-4-25(13-5-12-23)20-9-6-19(16(2)14-20)15-24-17(3)22(27)18-7-10-21(26)11-8-18/h6-11,14,17,22,24,26-27H,4-5,13,15H2,1-3H3/t17-,22-/m0/s1. The number of phenolic OH excluding ortho intramolecular Hbond substituents is 1. The number of nitrogens with zero attached hydrogens (tertiary/aromatic N) is 2. The van der Waals surface area contributed by atoms with Gasteiger partial charge in [0, 0.05) is 31.4 Å². The predicted octanol–water partition coefficient (Wildman–Crippen LogP) is 3.65. The van der Waals surface area contributed by atoms with Crippen molar-refractivity contribution >= 4 is 5.69 Å². The van der Waals surface area contributed by atoms with Crippen molar-refractivity contribution in [2.24, 2.45) is 0 Å². The number of nitriles is 1. The van der Waals surface area contributed by atoms with Crippen LogP contribution in [0.25, 0.3) is 0 Å². The van der Waals surface area contributed by atoms with Crippen LogP contribution in [0.1, 0.15) is 43.1 Å². The number of aliphatic hydroxyl groups is 1. The zero-order valence-electron chi connectivity index (χ0n) is 16.3. The molecular formula is C22H29N3O2. The highest BCUT2D eigenvalue weighted by Crippen LogP contribution is 2.22. The molecule has 2 rings (SSSR count). The molecule has 27 heavy (non-hydrogen) atoms. The normalized spacial score (nSPS) is 13.0. The zero-order chi connectivity index (χ0) is 19.8. The van der Waals surface area contributed by atoms with E-state index in [0.29, 0.717) is 13.0 Å². The molecule has 0 heterocycles. The molecule has 0 aliphatic heterocycles. The molecule has 144 valence electrons. The van der Waals surface area contributed by atoms with E-state index in [1.807, 2.05) is 6.92 Å². The molecule has 2 aromatic carbocycles. The summed E-state index contributed by atoms with van der Waals surface area (Å²) >= 11 is 0. The highest BCUT2D eigenvalue weighted by Gasteiger charge is 2.16. The van der Waals surface area contributed by atoms with Gasteiger partial charge in [0.1, 0.15) is 5.75 Å². The Morgan fingerprint density at radius 2 is 1.89 bits per heavy atom. The Labute approximate surface area is 161 Å². The fourth-order valence-electron chi connectivity index (χ4n) is 3.07. The van der Waals surface area contributed by atoms with Crippen LogP contribution in [0.15, 0.2) is 42.5 Å². The van der Waals surface area contributed by atoms with Crippen LogP contribution in [0.4, 0.5) is 5.69 Å². The summed E-state index contributed by atoms with van der Waals surface area (Å²) in [7, 11) is 0. The Morgan fingerprint density at radius 1 is 1.19 bits per heavy atom. The molecule has 0 unspecified atom stereocenters. The quantitative estimate of drug-likeness (QED) is 0.630. The van der Waals surface area contributed by atoms with Gasteiger partial charge in [-0.15, -0.1) is 0 Å². The van der Waals surface area contributed by atoms with E-state index >= 15 is 0 Å². The van der Waals surface area contributed by atoms with Crippen LogP contribution in [0, 0.1) is 18.3 Å². The second-order valence-corrected chi connectivity index (χ2v) is 6.80. The first-order valence-corrected chi connectivity index (χ1v) is 9.38. The molecule has 3 N–H and O–H groups in total. The lowest BCUT2D eigenvalue weighted by Crippen LogP contribution is -2.32. The van der Waals surface area contributed by atoms with Crippen molar-refractivity contribution in [2.75, 3.05) is 18.0 Å². The topological polar surface area (TPSA) is 79.5 Å². The Kier molecular flexibility index (Phi) is 7.66. The number of anilines is 1. The number of phenols is 1. The van der Waals surface area contributed by atoms with Gasteiger partial charge in [-0.05, 0) is 61.7 Å². The lowest BCUT2D eigenvalue weighted by Gasteiger charge is -2.24. The number of aromatic hydroxyl groups is 1. The summed E-state index contributed by atoms with van der Waals surface area (Å²) in [6, 6.07) is 15.1. The van der Waals surface area contributed by atoms with Gasteiger partial charge in [-0.2, -0.15) is 5.26 Å². The van der Waals surface area contributed by atoms with Crippen LogP contribution in [0.3, 0.4) is 0 Å². The Morgan fingerprint density at radius 3 is 2.48 bits per heavy atom. The van der Waals surface area contributed by atoms with Crippen molar-refractivity contribution in [3.05, 3.63) is 59.2 Å². The highest BCUT2D eigenvalue weighted by molar-refractivity contribution is 5.51. The van der Waals surface area contributed by atoms with Gasteiger partial charge in [-0.1, -0.05) is 18.2 Å². The van der Waals surface area contributed by atoms with Gasteiger partial charge in [0.15, 0.2) is 0 Å². The summed E-state index contributed by atoms with van der Waals surface area (Å²) in [5.41, 5.74) is 4.27. The first-order valence-electron chi connectivity index (χ1n) is 9.38. The molecule has 0 aliphatic rings. The number of hydrogen-bond acceptors (Lipinski definition) is 5. The van der Waals surface area contributed by atoms with Gasteiger partial charge < -0.3 is 20.4 Å². The van der Waals surface area contributed by atoms with Gasteiger partial charge in [-0.25, -0.2) is 0 Å². The third kappa shape index (κ3) is 5.72. The monoisotopic (exact) mass is 367 g/mol. The lowest BCUT2D eigenvalue weighted by molar-refractivity contribution is 0.135. The molecule has 0 aliphatic carbocycles. The molecule has 0 amide bonds. The molecule has 0 saturated carbocycles. The molecular weight excluding hydrogens is 338 g/mol. The predicted molar refractivity (Wildman–Crippen MR) is 109 cm³/mol. The zero-order valence-corrected chi connectivity index (χ0v) is 16.3. The molecule has 0 bridgehead atoms. The van der Waals surface area contributed by atoms with Crippen molar-refractivity contribution in [2.45, 2.75) is 45.9 Å². The van der Waals surface area contributed by atoms with Crippen molar-refractivity contribution < 1.29 is 10.2 Å². The number of nitrogens with one attached hydrogen (secondary N) is 1. The van der Waals surface area contributed by atoms with Crippen LogP contribution < -0.4 is 10.2 Å². The average Bonchev–Trinajstić information content (AvgIpc) is 2.67. The molecule has 0 radical (unpaired) electrons. The number of benzene rings is 2. The molecule has 0 fully saturated rings. The van der Waals surface area contributed by atoms with Gasteiger partial charge in [0.25, 0.3) is 0 Å². The van der Waals surface area contributed by atoms with Gasteiger partial charge in [-0.3, -0.25) is 0 Å². The summed E-state index contributed by atoms with van der Waals surface area (Å²) in [5.74, 6) is 0.193. The number of aliphatic hydroxyl groups excluding tert-OH is 1. The fourth-order valence-corrected chi connectivity index (χ4v) is 3.07. The number of hydrogen-bond donors (Lipinski definition) is 3. The maximum Gasteiger partial charge on any atom is 0.115 e. The summed E-state index contributed by atoms with van der Waals surface area (Å²) in [6.07, 6.45) is -0.130. The van der Waals surface area contributed by atoms with E-state index in [0.717, 1.165) is 24.3 Å². The summed E-state index contributed by atoms with van der Waals surface area (Å²) in [4.78, 5) is 2.20. The molecule has 0 aromatic heterocycles. The minimum atomic E-state index is -0.647. The van der Waals surface area contributed by atoms with E-state index in [1.54, 1.807) is 24.3 Å². The fraction of sp³-hybridized carbons (Fsp3) is 0.409. The van der Waals surface area contributed by atoms with Crippen LogP contribution in [0.2, 0.25) is 0 Å². The molecule has 5 heteroatoms. The maximum absolute atomic E-state index is 10.5. The van der Waals surface area contributed by atoms with Crippen molar-refractivity contribution in [1.82, 2.24) is 5.32 Å². The smallest absolute Gasteiger partial charge is 0.115 e. The van der Waals surface area contributed by atoms with E-state index in [9.17, 15) is 10.2 Å². The first-order chi connectivity index (χ1) is 13.0. The van der Waals surface area contributed by atoms with Crippen LogP contribution in [-0.2, 0) is 6.54 Å². The molecule has 0 spiro atoms. The Bertz CT molecular complexity index is 768. The van der Waals surface area contributed by atoms with E-state index in [-0.39, 0.29) is 11.8 Å². The average molecular weight is 367 g/mol. The minimum Gasteiger partial charge on any atom is -0.508 e. The lowest BCUT2D eigenvalue weighted by atomic mass is 10.0. The van der Waals surface area contributed by atoms with Gasteiger partial charge in [0.2, 0.25) is 0 Å². The van der Waals surface area contributed by atoms with Crippen LogP contribution in [-0.4, -0.2) is 29.3 Å². The summed E-state index contributed by atoms with van der Waals surface area (Å²) in [5, 5.41) is 32.0. The Hall–Kier alpha value is -2.55. The third-order valence-corrected chi connectivity index (χ3v) is 4.89. The molecule has 2 atom stereocenters. The van der Waals surface area contributed by atoms with Crippen molar-refractivity contribution in [1.29, 1.82) is 5.26 Å². The van der Waals surface area contributed by atoms with Crippen molar-refractivity contribution in [3.63, 3.8) is 0 Å². The summed E-state index contributed by atoms with van der Waals surface area (Å²) < 4.78 is 0. The number of rotatable bonds is 9. The number of aryl methyl sites for hydroxylation is 1. The first kappa shape index (κ1) is 20.8. The van der Waals surface area contributed by atoms with Crippen LogP contribution >= 0.6 is 0 Å². The molecule has 0 saturated heterocycles. The van der Waals surface area contributed by atoms with Gasteiger partial charge >= 0.3 is 0 Å². The van der Waals surface area contributed by atoms with E-state index in [1.165, 1.54) is 11.1 Å². The SMILES string of the molecule is CCN(CCC#N)c1ccc(CN[C@@H](C)[C@H](O)c2ccc(O)cc2)c(C)c1. The van der Waals surface area contributed by atoms with Gasteiger partial charge in [0.05, 0.1) is 18.6 Å². The molecule has 2 aromatic rings. The van der Waals surface area contributed by atoms with E-state index in [4.69, 9.17) is 5.26 Å². The minimum absolute atomic E-state index is 0.128. The Balaban J connectivity index is 1.98. The van der Waals surface area contributed by atoms with Crippen LogP contribution in [0.5, 0.6) is 5.75 Å². The largest absolute Gasteiger partial charge is 0.508 e. The van der Waals surface area contributed by atoms with E-state index in [2.05, 4.69) is 48.3 Å². The molecule has 5 nitrogen and oxygen atoms in total. The highest BCUT2D eigenvalue weighted by atomic mass is 16.3. The third-order valence-electron chi connectivity index (χ3n) is 4.89. The van der Waals surface area contributed by atoms with Crippen molar-refractivity contribution in [3.8, 4) is 11.8 Å². The summed E-state index contributed by atoms with van der Waals surface area (Å²) in [6.45, 7) is 8.39. The maximum atomic E-state index is 10.5. The van der Waals surface area contributed by atoms with E-state index < -0.39 is 6.10 Å². The second kappa shape index (κ2) is 9.96. The second-order valence-electron chi connectivity index (χ2n) is 6.80.